The summed E-state index contributed by atoms with van der Waals surface area (Å²) in [5, 5.41) is 27.5. The molecule has 9 nitrogen and oxygen atoms in total. The Morgan fingerprint density at radius 1 is 0.531 bits per heavy atom. The molecule has 160 valence electrons. The quantitative estimate of drug-likeness (QED) is 0.407. The van der Waals surface area contributed by atoms with Gasteiger partial charge in [-0.05, 0) is 57.2 Å². The summed E-state index contributed by atoms with van der Waals surface area (Å²) in [6.45, 7) is 6.52. The Morgan fingerprint density at radius 2 is 0.844 bits per heavy atom. The smallest absolute Gasteiger partial charge is 0.114 e. The van der Waals surface area contributed by atoms with Crippen LogP contribution in [0.3, 0.4) is 0 Å². The Balaban J connectivity index is 1.85. The molecule has 0 saturated carbocycles. The van der Waals surface area contributed by atoms with Crippen LogP contribution in [0.25, 0.3) is 33.1 Å². The maximum Gasteiger partial charge on any atom is 0.114 e. The number of nitrogens with zero attached hydrogens (tertiary/aromatic N) is 9. The van der Waals surface area contributed by atoms with E-state index in [2.05, 4.69) is 51.7 Å². The molecule has 0 aliphatic carbocycles. The second kappa shape index (κ2) is 6.60. The van der Waals surface area contributed by atoms with Crippen LogP contribution in [-0.2, 0) is 0 Å². The van der Waals surface area contributed by atoms with E-state index in [0.717, 1.165) is 33.1 Å². The largest absolute Gasteiger partial charge is 0.167 e. The van der Waals surface area contributed by atoms with Crippen molar-refractivity contribution in [1.29, 1.82) is 0 Å². The topological polar surface area (TPSA) is 92.1 Å². The van der Waals surface area contributed by atoms with Crippen molar-refractivity contribution in [3.8, 4) is 0 Å². The summed E-state index contributed by atoms with van der Waals surface area (Å²) in [6.07, 6.45) is 0. The molecule has 3 aromatic heterocycles. The summed E-state index contributed by atoms with van der Waals surface area (Å²) in [7, 11) is -2.37. The minimum Gasteiger partial charge on any atom is -0.167 e. The lowest BCUT2D eigenvalue weighted by molar-refractivity contribution is 0.688. The Bertz CT molecular complexity index is 1410. The molecule has 0 amide bonds. The molecule has 0 aliphatic heterocycles. The normalized spacial score (nSPS) is 13.3. The molecule has 32 heavy (non-hydrogen) atoms. The third-order valence-electron chi connectivity index (χ3n) is 5.51. The molecule has 3 heterocycles. The molecule has 0 saturated heterocycles. The molecule has 0 aliphatic rings. The summed E-state index contributed by atoms with van der Waals surface area (Å²) in [6, 6.07) is 23.8. The first-order valence-corrected chi connectivity index (χ1v) is 11.8. The van der Waals surface area contributed by atoms with Gasteiger partial charge in [-0.2, -0.15) is 12.3 Å². The molecule has 0 unspecified atom stereocenters. The van der Waals surface area contributed by atoms with Crippen LogP contribution in [0.5, 0.6) is 0 Å². The van der Waals surface area contributed by atoms with Crippen molar-refractivity contribution in [3.05, 3.63) is 72.8 Å². The van der Waals surface area contributed by atoms with Crippen LogP contribution in [0.4, 0.5) is 0 Å². The summed E-state index contributed by atoms with van der Waals surface area (Å²) in [5.74, 6) is 0. The third kappa shape index (κ3) is 2.41. The SMILES string of the molecule is CC(C)(C)S(n1nnc2ccccc21)(n1nnc2ccccc21)n1nnc2ccccc21. The van der Waals surface area contributed by atoms with E-state index in [1.165, 1.54) is 0 Å². The summed E-state index contributed by atoms with van der Waals surface area (Å²) >= 11 is 0. The zero-order chi connectivity index (χ0) is 21.9. The van der Waals surface area contributed by atoms with Crippen LogP contribution in [0.15, 0.2) is 72.8 Å². The number of aromatic nitrogens is 9. The molecule has 0 atom stereocenters. The van der Waals surface area contributed by atoms with Gasteiger partial charge in [0.1, 0.15) is 33.1 Å². The zero-order valence-electron chi connectivity index (χ0n) is 17.9. The number of benzene rings is 3. The van der Waals surface area contributed by atoms with Crippen LogP contribution in [0.2, 0.25) is 0 Å². The Labute approximate surface area is 185 Å². The monoisotopic (exact) mass is 443 g/mol. The molecule has 0 bridgehead atoms. The van der Waals surface area contributed by atoms with Gasteiger partial charge in [-0.1, -0.05) is 52.0 Å². The Kier molecular flexibility index (Phi) is 3.91. The van der Waals surface area contributed by atoms with Gasteiger partial charge in [-0.3, -0.25) is 0 Å². The zero-order valence-corrected chi connectivity index (χ0v) is 18.7. The van der Waals surface area contributed by atoms with E-state index in [0.29, 0.717) is 0 Å². The number of rotatable bonds is 3. The van der Waals surface area contributed by atoms with Crippen molar-refractivity contribution in [2.45, 2.75) is 25.5 Å². The van der Waals surface area contributed by atoms with Gasteiger partial charge in [-0.25, -0.2) is 0 Å². The van der Waals surface area contributed by atoms with Crippen molar-refractivity contribution in [3.63, 3.8) is 0 Å². The van der Waals surface area contributed by atoms with Crippen molar-refractivity contribution >= 4 is 43.7 Å². The molecule has 6 aromatic rings. The van der Waals surface area contributed by atoms with Crippen molar-refractivity contribution < 1.29 is 0 Å². The minimum absolute atomic E-state index is 0.406. The fourth-order valence-corrected chi connectivity index (χ4v) is 7.80. The summed E-state index contributed by atoms with van der Waals surface area (Å²) in [4.78, 5) is 0. The summed E-state index contributed by atoms with van der Waals surface area (Å²) < 4.78 is 5.52. The molecular weight excluding hydrogens is 422 g/mol. The first kappa shape index (κ1) is 18.9. The molecule has 10 heteroatoms. The first-order chi connectivity index (χ1) is 15.5. The van der Waals surface area contributed by atoms with E-state index in [9.17, 15) is 0 Å². The van der Waals surface area contributed by atoms with E-state index < -0.39 is 15.3 Å². The number of para-hydroxylation sites is 3. The molecule has 0 spiro atoms. The molecule has 3 aromatic carbocycles. The maximum atomic E-state index is 4.69. The van der Waals surface area contributed by atoms with Crippen LogP contribution < -0.4 is 0 Å². The van der Waals surface area contributed by atoms with Gasteiger partial charge < -0.3 is 0 Å². The minimum atomic E-state index is -2.37. The first-order valence-electron chi connectivity index (χ1n) is 10.3. The summed E-state index contributed by atoms with van der Waals surface area (Å²) in [5.41, 5.74) is 5.12. The standard InChI is InChI=1S/C22H21N9S/c1-22(2,3)32(29-19-13-7-4-10-16(19)23-26-29,30-20-14-8-5-11-17(20)24-27-30)31-21-15-9-6-12-18(21)25-28-31/h4-15H,1-3H3. The Morgan fingerprint density at radius 3 is 1.16 bits per heavy atom. The van der Waals surface area contributed by atoms with Crippen molar-refractivity contribution in [2.75, 3.05) is 0 Å². The molecular formula is C22H21N9S. The van der Waals surface area contributed by atoms with Crippen LogP contribution in [-0.4, -0.2) is 47.9 Å². The van der Waals surface area contributed by atoms with Gasteiger partial charge in [0.25, 0.3) is 0 Å². The van der Waals surface area contributed by atoms with Gasteiger partial charge >= 0.3 is 0 Å². The highest BCUT2D eigenvalue weighted by Gasteiger charge is 2.48. The van der Waals surface area contributed by atoms with E-state index in [1.54, 1.807) is 0 Å². The molecule has 0 radical (unpaired) electrons. The fraction of sp³-hybridized carbons (Fsp3) is 0.182. The second-order valence-electron chi connectivity index (χ2n) is 8.48. The molecule has 0 fully saturated rings. The van der Waals surface area contributed by atoms with Crippen molar-refractivity contribution in [2.24, 2.45) is 0 Å². The van der Waals surface area contributed by atoms with Gasteiger partial charge in [0.05, 0.1) is 10.6 Å². The third-order valence-corrected chi connectivity index (χ3v) is 9.41. The molecule has 0 N–H and O–H groups in total. The van der Waals surface area contributed by atoms with Crippen LogP contribution in [0, 0.1) is 0 Å². The van der Waals surface area contributed by atoms with Crippen molar-refractivity contribution in [1.82, 2.24) is 43.2 Å². The van der Waals surface area contributed by atoms with E-state index in [1.807, 2.05) is 85.1 Å². The lowest BCUT2D eigenvalue weighted by Gasteiger charge is -2.48. The van der Waals surface area contributed by atoms with E-state index >= 15 is 0 Å². The number of fused-ring (bicyclic) bond motifs is 3. The number of hydrogen-bond donors (Lipinski definition) is 0. The highest BCUT2D eigenvalue weighted by Crippen LogP contribution is 2.62. The predicted molar refractivity (Wildman–Crippen MR) is 126 cm³/mol. The van der Waals surface area contributed by atoms with E-state index in [-0.39, 0.29) is 0 Å². The van der Waals surface area contributed by atoms with E-state index in [4.69, 9.17) is 0 Å². The van der Waals surface area contributed by atoms with Gasteiger partial charge in [0, 0.05) is 4.75 Å². The van der Waals surface area contributed by atoms with Crippen LogP contribution >= 0.6 is 10.6 Å². The second-order valence-corrected chi connectivity index (χ2v) is 11.8. The van der Waals surface area contributed by atoms with Gasteiger partial charge in [-0.15, -0.1) is 15.3 Å². The predicted octanol–water partition coefficient (Wildman–Crippen LogP) is 4.21. The lowest BCUT2D eigenvalue weighted by atomic mass is 10.3. The Hall–Kier alpha value is -3.79. The molecule has 6 rings (SSSR count). The number of hydrogen-bond acceptors (Lipinski definition) is 6. The highest BCUT2D eigenvalue weighted by molar-refractivity contribution is 8.31. The van der Waals surface area contributed by atoms with Crippen LogP contribution in [0.1, 0.15) is 20.8 Å². The highest BCUT2D eigenvalue weighted by atomic mass is 32.3. The maximum absolute atomic E-state index is 4.69. The fourth-order valence-electron chi connectivity index (χ4n) is 4.10. The average Bonchev–Trinajstić information content (AvgIpc) is 3.52. The van der Waals surface area contributed by atoms with Gasteiger partial charge in [0.15, 0.2) is 0 Å². The lowest BCUT2D eigenvalue weighted by Crippen LogP contribution is -2.41. The average molecular weight is 444 g/mol. The van der Waals surface area contributed by atoms with Gasteiger partial charge in [0.2, 0.25) is 0 Å².